The summed E-state index contributed by atoms with van der Waals surface area (Å²) < 4.78 is 13.2. The molecule has 2 fully saturated rings. The van der Waals surface area contributed by atoms with Crippen LogP contribution in [0.15, 0.2) is 42.7 Å². The number of amides is 1. The third-order valence-electron chi connectivity index (χ3n) is 5.22. The van der Waals surface area contributed by atoms with Gasteiger partial charge in [-0.05, 0) is 41.8 Å². The van der Waals surface area contributed by atoms with Gasteiger partial charge in [-0.3, -0.25) is 14.7 Å². The molecule has 1 aromatic heterocycles. The maximum absolute atomic E-state index is 13.2. The van der Waals surface area contributed by atoms with E-state index in [4.69, 9.17) is 11.6 Å². The van der Waals surface area contributed by atoms with Gasteiger partial charge in [0.05, 0.1) is 0 Å². The first kappa shape index (κ1) is 16.5. The Labute approximate surface area is 151 Å². The average Bonchev–Trinajstić information content (AvgIpc) is 3.11. The second kappa shape index (κ2) is 6.73. The first-order chi connectivity index (χ1) is 12.1. The Morgan fingerprint density at radius 1 is 1.16 bits per heavy atom. The Morgan fingerprint density at radius 2 is 1.96 bits per heavy atom. The number of hydrogen-bond acceptors (Lipinski definition) is 3. The van der Waals surface area contributed by atoms with Crippen molar-refractivity contribution in [1.82, 2.24) is 14.8 Å². The zero-order valence-electron chi connectivity index (χ0n) is 13.7. The molecule has 0 bridgehead atoms. The van der Waals surface area contributed by atoms with Gasteiger partial charge in [-0.1, -0.05) is 17.7 Å². The summed E-state index contributed by atoms with van der Waals surface area (Å²) in [6.45, 7) is 2.25. The molecule has 2 aliphatic rings. The predicted molar refractivity (Wildman–Crippen MR) is 93.4 cm³/mol. The molecule has 2 atom stereocenters. The fourth-order valence-electron chi connectivity index (χ4n) is 3.97. The zero-order chi connectivity index (χ0) is 17.4. The van der Waals surface area contributed by atoms with E-state index in [-0.39, 0.29) is 23.8 Å². The smallest absolute Gasteiger partial charge is 0.224 e. The lowest BCUT2D eigenvalue weighted by Gasteiger charge is -2.26. The van der Waals surface area contributed by atoms with E-state index in [1.54, 1.807) is 18.5 Å². The summed E-state index contributed by atoms with van der Waals surface area (Å²) in [4.78, 5) is 20.9. The van der Waals surface area contributed by atoms with E-state index in [2.05, 4.69) is 9.88 Å². The molecule has 0 N–H and O–H groups in total. The number of rotatable bonds is 4. The van der Waals surface area contributed by atoms with Crippen LogP contribution in [-0.2, 0) is 17.9 Å². The molecule has 2 aliphatic heterocycles. The van der Waals surface area contributed by atoms with Crippen molar-refractivity contribution in [3.05, 3.63) is 64.7 Å². The lowest BCUT2D eigenvalue weighted by atomic mass is 10.1. The molecular formula is C19H19ClFN3O. The normalized spacial score (nSPS) is 23.3. The Balaban J connectivity index is 1.48. The Bertz CT molecular complexity index is 785. The lowest BCUT2D eigenvalue weighted by molar-refractivity contribution is -0.129. The van der Waals surface area contributed by atoms with Gasteiger partial charge in [0.2, 0.25) is 5.91 Å². The molecule has 2 saturated heterocycles. The highest BCUT2D eigenvalue weighted by Gasteiger charge is 2.46. The molecule has 1 aromatic carbocycles. The molecule has 6 heteroatoms. The molecule has 0 saturated carbocycles. The predicted octanol–water partition coefficient (Wildman–Crippen LogP) is 3.25. The largest absolute Gasteiger partial charge is 0.334 e. The van der Waals surface area contributed by atoms with Crippen molar-refractivity contribution < 1.29 is 9.18 Å². The molecule has 4 nitrogen and oxygen atoms in total. The summed E-state index contributed by atoms with van der Waals surface area (Å²) in [6, 6.07) is 8.83. The van der Waals surface area contributed by atoms with Gasteiger partial charge < -0.3 is 4.90 Å². The maximum Gasteiger partial charge on any atom is 0.224 e. The van der Waals surface area contributed by atoms with Crippen molar-refractivity contribution in [2.75, 3.05) is 6.54 Å². The first-order valence-electron chi connectivity index (χ1n) is 8.48. The highest BCUT2D eigenvalue weighted by molar-refractivity contribution is 6.31. The standard InChI is InChI=1S/C19H19ClFN3O/c20-16-9-15(21)2-1-14(16)12-24-17-5-8-23(18(17)10-19(24)25)11-13-3-6-22-7-4-13/h1-4,6-7,9,17-18H,5,8,10-12H2/t17-,18-/m0/s1. The number of benzene rings is 1. The van der Waals surface area contributed by atoms with Gasteiger partial charge >= 0.3 is 0 Å². The summed E-state index contributed by atoms with van der Waals surface area (Å²) in [5.74, 6) is -0.210. The van der Waals surface area contributed by atoms with Gasteiger partial charge in [0.15, 0.2) is 0 Å². The highest BCUT2D eigenvalue weighted by Crippen LogP contribution is 2.35. The monoisotopic (exact) mass is 359 g/mol. The molecule has 3 heterocycles. The molecule has 0 radical (unpaired) electrons. The molecular weight excluding hydrogens is 341 g/mol. The third kappa shape index (κ3) is 3.26. The van der Waals surface area contributed by atoms with Gasteiger partial charge in [-0.15, -0.1) is 0 Å². The summed E-state index contributed by atoms with van der Waals surface area (Å²) in [5, 5.41) is 0.378. The SMILES string of the molecule is O=C1C[C@H]2[C@H](CCN2Cc2ccncc2)N1Cc1ccc(F)cc1Cl. The number of carbonyl (C=O) groups is 1. The molecule has 1 amide bonds. The third-order valence-corrected chi connectivity index (χ3v) is 5.57. The van der Waals surface area contributed by atoms with Gasteiger partial charge in [-0.2, -0.15) is 0 Å². The van der Waals surface area contributed by atoms with Gasteiger partial charge in [-0.25, -0.2) is 4.39 Å². The van der Waals surface area contributed by atoms with Crippen LogP contribution in [0.5, 0.6) is 0 Å². The van der Waals surface area contributed by atoms with E-state index in [0.29, 0.717) is 18.0 Å². The van der Waals surface area contributed by atoms with Crippen molar-refractivity contribution in [2.24, 2.45) is 0 Å². The van der Waals surface area contributed by atoms with Crippen molar-refractivity contribution in [1.29, 1.82) is 0 Å². The van der Waals surface area contributed by atoms with Crippen molar-refractivity contribution in [3.8, 4) is 0 Å². The van der Waals surface area contributed by atoms with E-state index in [1.807, 2.05) is 17.0 Å². The fraction of sp³-hybridized carbons (Fsp3) is 0.368. The molecule has 130 valence electrons. The number of hydrogen-bond donors (Lipinski definition) is 0. The van der Waals surface area contributed by atoms with Crippen LogP contribution in [0.4, 0.5) is 4.39 Å². The van der Waals surface area contributed by atoms with E-state index in [1.165, 1.54) is 17.7 Å². The van der Waals surface area contributed by atoms with Gasteiger partial charge in [0.25, 0.3) is 0 Å². The van der Waals surface area contributed by atoms with E-state index < -0.39 is 0 Å². The van der Waals surface area contributed by atoms with Crippen LogP contribution in [0.2, 0.25) is 5.02 Å². The van der Waals surface area contributed by atoms with Gasteiger partial charge in [0, 0.05) is 55.6 Å². The zero-order valence-corrected chi connectivity index (χ0v) is 14.5. The highest BCUT2D eigenvalue weighted by atomic mass is 35.5. The van der Waals surface area contributed by atoms with Crippen LogP contribution in [0.3, 0.4) is 0 Å². The number of likely N-dealkylation sites (tertiary alicyclic amines) is 2. The summed E-state index contributed by atoms with van der Waals surface area (Å²) in [7, 11) is 0. The fourth-order valence-corrected chi connectivity index (χ4v) is 4.19. The Morgan fingerprint density at radius 3 is 2.72 bits per heavy atom. The molecule has 0 spiro atoms. The van der Waals surface area contributed by atoms with Crippen LogP contribution < -0.4 is 0 Å². The van der Waals surface area contributed by atoms with Crippen LogP contribution in [0.25, 0.3) is 0 Å². The van der Waals surface area contributed by atoms with Crippen molar-refractivity contribution in [3.63, 3.8) is 0 Å². The Hall–Kier alpha value is -1.98. The second-order valence-electron chi connectivity index (χ2n) is 6.71. The van der Waals surface area contributed by atoms with Crippen LogP contribution in [0, 0.1) is 5.82 Å². The molecule has 25 heavy (non-hydrogen) atoms. The second-order valence-corrected chi connectivity index (χ2v) is 7.12. The molecule has 0 unspecified atom stereocenters. The van der Waals surface area contributed by atoms with E-state index in [9.17, 15) is 9.18 Å². The lowest BCUT2D eigenvalue weighted by Crippen LogP contribution is -2.36. The van der Waals surface area contributed by atoms with Gasteiger partial charge in [0.1, 0.15) is 5.82 Å². The van der Waals surface area contributed by atoms with Crippen LogP contribution in [-0.4, -0.2) is 39.3 Å². The summed E-state index contributed by atoms with van der Waals surface area (Å²) in [5.41, 5.74) is 2.01. The number of nitrogens with zero attached hydrogens (tertiary/aromatic N) is 3. The summed E-state index contributed by atoms with van der Waals surface area (Å²) >= 11 is 6.14. The number of aromatic nitrogens is 1. The first-order valence-corrected chi connectivity index (χ1v) is 8.86. The molecule has 0 aliphatic carbocycles. The minimum Gasteiger partial charge on any atom is -0.334 e. The topological polar surface area (TPSA) is 36.4 Å². The molecule has 4 rings (SSSR count). The maximum atomic E-state index is 13.2. The average molecular weight is 360 g/mol. The Kier molecular flexibility index (Phi) is 4.44. The number of pyridine rings is 1. The van der Waals surface area contributed by atoms with E-state index >= 15 is 0 Å². The number of halogens is 2. The van der Waals surface area contributed by atoms with Crippen molar-refractivity contribution >= 4 is 17.5 Å². The van der Waals surface area contributed by atoms with E-state index in [0.717, 1.165) is 25.1 Å². The molecule has 2 aromatic rings. The minimum atomic E-state index is -0.358. The summed E-state index contributed by atoms with van der Waals surface area (Å²) in [6.07, 6.45) is 5.09. The van der Waals surface area contributed by atoms with Crippen LogP contribution in [0.1, 0.15) is 24.0 Å². The van der Waals surface area contributed by atoms with Crippen molar-refractivity contribution in [2.45, 2.75) is 38.0 Å². The quantitative estimate of drug-likeness (QED) is 0.840. The number of carbonyl (C=O) groups excluding carboxylic acids is 1. The van der Waals surface area contributed by atoms with Crippen LogP contribution >= 0.6 is 11.6 Å². The number of fused-ring (bicyclic) bond motifs is 1. The minimum absolute atomic E-state index is 0.148.